The summed E-state index contributed by atoms with van der Waals surface area (Å²) >= 11 is 6.17. The quantitative estimate of drug-likeness (QED) is 0.263. The molecule has 1 aliphatic heterocycles. The van der Waals surface area contributed by atoms with E-state index in [0.717, 1.165) is 38.4 Å². The minimum atomic E-state index is -0.0907. The van der Waals surface area contributed by atoms with Gasteiger partial charge in [0, 0.05) is 45.7 Å². The first kappa shape index (κ1) is 26.9. The second-order valence-corrected chi connectivity index (χ2v) is 8.03. The molecule has 0 spiro atoms. The van der Waals surface area contributed by atoms with Gasteiger partial charge >= 0.3 is 0 Å². The number of hydrogen-bond acceptors (Lipinski definition) is 4. The lowest BCUT2D eigenvalue weighted by Crippen LogP contribution is -2.52. The third-order valence-electron chi connectivity index (χ3n) is 5.03. The van der Waals surface area contributed by atoms with Gasteiger partial charge in [-0.25, -0.2) is 0 Å². The predicted molar refractivity (Wildman–Crippen MR) is 135 cm³/mol. The Hall–Kier alpha value is -1.10. The summed E-state index contributed by atoms with van der Waals surface area (Å²) in [6.45, 7) is 11.2. The Morgan fingerprint density at radius 1 is 1.27 bits per heavy atom. The number of morpholine rings is 1. The maximum Gasteiger partial charge on any atom is 0.226 e. The van der Waals surface area contributed by atoms with E-state index in [4.69, 9.17) is 16.3 Å². The number of aliphatic imine (C=N–C) groups is 1. The smallest absolute Gasteiger partial charge is 0.226 e. The molecule has 0 radical (unpaired) electrons. The van der Waals surface area contributed by atoms with Gasteiger partial charge in [0.05, 0.1) is 23.9 Å². The standard InChI is InChI=1S/C21H34ClN5O2.HI/c1-15(2)19(27-9-11-29-12-10-27)14-25-21(23-4)24-8-7-20(28)26-18-6-5-16(3)13-17(18)22;/h5-6,13,15,19H,7-12,14H2,1-4H3,(H,26,28)(H2,23,24,25);1H. The van der Waals surface area contributed by atoms with Crippen LogP contribution in [0.4, 0.5) is 5.69 Å². The maximum atomic E-state index is 12.2. The number of anilines is 1. The van der Waals surface area contributed by atoms with Crippen LogP contribution in [0.5, 0.6) is 0 Å². The molecule has 1 unspecified atom stereocenters. The minimum Gasteiger partial charge on any atom is -0.379 e. The molecule has 30 heavy (non-hydrogen) atoms. The Morgan fingerprint density at radius 2 is 1.97 bits per heavy atom. The molecule has 9 heteroatoms. The van der Waals surface area contributed by atoms with Crippen LogP contribution in [0, 0.1) is 12.8 Å². The highest BCUT2D eigenvalue weighted by atomic mass is 127. The molecule has 1 atom stereocenters. The van der Waals surface area contributed by atoms with Crippen molar-refractivity contribution in [3.8, 4) is 0 Å². The zero-order valence-corrected chi connectivity index (χ0v) is 21.4. The third kappa shape index (κ3) is 8.95. The molecule has 0 aromatic heterocycles. The van der Waals surface area contributed by atoms with E-state index < -0.39 is 0 Å². The number of amides is 1. The summed E-state index contributed by atoms with van der Waals surface area (Å²) in [6.07, 6.45) is 0.321. The van der Waals surface area contributed by atoms with E-state index in [1.807, 2.05) is 25.1 Å². The number of hydrogen-bond donors (Lipinski definition) is 3. The first-order valence-electron chi connectivity index (χ1n) is 10.2. The fraction of sp³-hybridized carbons (Fsp3) is 0.619. The van der Waals surface area contributed by atoms with Crippen LogP contribution in [0.25, 0.3) is 0 Å². The SMILES string of the molecule is CN=C(NCCC(=O)Nc1ccc(C)cc1Cl)NCC(C(C)C)N1CCOCC1.I. The number of carbonyl (C=O) groups excluding carboxylic acids is 1. The third-order valence-corrected chi connectivity index (χ3v) is 5.34. The number of halogens is 2. The van der Waals surface area contributed by atoms with Crippen LogP contribution >= 0.6 is 35.6 Å². The van der Waals surface area contributed by atoms with Gasteiger partial charge in [0.15, 0.2) is 5.96 Å². The largest absolute Gasteiger partial charge is 0.379 e. The number of rotatable bonds is 8. The van der Waals surface area contributed by atoms with Gasteiger partial charge < -0.3 is 20.7 Å². The number of nitrogens with one attached hydrogen (secondary N) is 3. The van der Waals surface area contributed by atoms with Crippen LogP contribution in [0.3, 0.4) is 0 Å². The summed E-state index contributed by atoms with van der Waals surface area (Å²) < 4.78 is 5.46. The number of ether oxygens (including phenoxy) is 1. The maximum absolute atomic E-state index is 12.2. The van der Waals surface area contributed by atoms with Gasteiger partial charge in [-0.2, -0.15) is 0 Å². The van der Waals surface area contributed by atoms with Crippen molar-refractivity contribution in [2.75, 3.05) is 51.8 Å². The van der Waals surface area contributed by atoms with Crippen LogP contribution in [0.2, 0.25) is 5.02 Å². The Balaban J connectivity index is 0.00000450. The molecule has 0 aliphatic carbocycles. The van der Waals surface area contributed by atoms with Crippen LogP contribution in [0.1, 0.15) is 25.8 Å². The molecule has 1 aromatic carbocycles. The van der Waals surface area contributed by atoms with Gasteiger partial charge in [0.2, 0.25) is 5.91 Å². The molecule has 170 valence electrons. The summed E-state index contributed by atoms with van der Waals surface area (Å²) in [5.41, 5.74) is 1.69. The number of aryl methyl sites for hydroxylation is 1. The minimum absolute atomic E-state index is 0. The van der Waals surface area contributed by atoms with Crippen molar-refractivity contribution >= 4 is 53.1 Å². The van der Waals surface area contributed by atoms with Crippen molar-refractivity contribution in [2.45, 2.75) is 33.2 Å². The molecule has 0 saturated carbocycles. The molecule has 1 aromatic rings. The van der Waals surface area contributed by atoms with Gasteiger partial charge in [0.25, 0.3) is 0 Å². The lowest BCUT2D eigenvalue weighted by Gasteiger charge is -2.37. The molecule has 1 heterocycles. The monoisotopic (exact) mass is 551 g/mol. The number of carbonyl (C=O) groups is 1. The molecule has 1 amide bonds. The van der Waals surface area contributed by atoms with E-state index in [9.17, 15) is 4.79 Å². The van der Waals surface area contributed by atoms with Gasteiger partial charge in [-0.1, -0.05) is 31.5 Å². The average Bonchev–Trinajstić information content (AvgIpc) is 2.69. The molecule has 1 saturated heterocycles. The lowest BCUT2D eigenvalue weighted by molar-refractivity contribution is -0.116. The zero-order valence-electron chi connectivity index (χ0n) is 18.3. The van der Waals surface area contributed by atoms with E-state index in [1.165, 1.54) is 0 Å². The molecule has 3 N–H and O–H groups in total. The molecule has 1 aliphatic rings. The van der Waals surface area contributed by atoms with Gasteiger partial charge in [-0.15, -0.1) is 24.0 Å². The number of benzene rings is 1. The van der Waals surface area contributed by atoms with Crippen molar-refractivity contribution in [2.24, 2.45) is 10.9 Å². The molecular weight excluding hydrogens is 517 g/mol. The molecule has 0 bridgehead atoms. The first-order valence-corrected chi connectivity index (χ1v) is 10.6. The Kier molecular flexibility index (Phi) is 12.6. The molecule has 7 nitrogen and oxygen atoms in total. The molecule has 1 fully saturated rings. The van der Waals surface area contributed by atoms with Gasteiger partial charge in [0.1, 0.15) is 0 Å². The summed E-state index contributed by atoms with van der Waals surface area (Å²) in [6, 6.07) is 5.98. The Labute approximate surface area is 202 Å². The van der Waals surface area contributed by atoms with Crippen LogP contribution in [-0.4, -0.2) is 69.2 Å². The van der Waals surface area contributed by atoms with Crippen molar-refractivity contribution < 1.29 is 9.53 Å². The zero-order chi connectivity index (χ0) is 21.2. The van der Waals surface area contributed by atoms with Crippen LogP contribution < -0.4 is 16.0 Å². The highest BCUT2D eigenvalue weighted by Gasteiger charge is 2.23. The molecular formula is C21H35ClIN5O2. The van der Waals surface area contributed by atoms with Crippen molar-refractivity contribution in [3.05, 3.63) is 28.8 Å². The Bertz CT molecular complexity index is 696. The summed E-state index contributed by atoms with van der Waals surface area (Å²) in [5.74, 6) is 1.13. The lowest BCUT2D eigenvalue weighted by atomic mass is 10.0. The van der Waals surface area contributed by atoms with E-state index in [1.54, 1.807) is 7.05 Å². The van der Waals surface area contributed by atoms with Crippen molar-refractivity contribution in [3.63, 3.8) is 0 Å². The fourth-order valence-electron chi connectivity index (χ4n) is 3.35. The second kappa shape index (κ2) is 14.1. The van der Waals surface area contributed by atoms with Crippen LogP contribution in [0.15, 0.2) is 23.2 Å². The topological polar surface area (TPSA) is 78.0 Å². The normalized spacial score (nSPS) is 16.0. The first-order chi connectivity index (χ1) is 13.9. The summed E-state index contributed by atoms with van der Waals surface area (Å²) in [4.78, 5) is 18.9. The van der Waals surface area contributed by atoms with E-state index in [-0.39, 0.29) is 29.9 Å². The highest BCUT2D eigenvalue weighted by molar-refractivity contribution is 14.0. The van der Waals surface area contributed by atoms with Gasteiger partial charge in [-0.05, 0) is 30.5 Å². The average molecular weight is 552 g/mol. The number of nitrogens with zero attached hydrogens (tertiary/aromatic N) is 2. The summed E-state index contributed by atoms with van der Waals surface area (Å²) in [7, 11) is 1.74. The fourth-order valence-corrected chi connectivity index (χ4v) is 3.63. The predicted octanol–water partition coefficient (Wildman–Crippen LogP) is 3.12. The molecule has 2 rings (SSSR count). The summed E-state index contributed by atoms with van der Waals surface area (Å²) in [5, 5.41) is 9.99. The Morgan fingerprint density at radius 3 is 2.57 bits per heavy atom. The second-order valence-electron chi connectivity index (χ2n) is 7.62. The van der Waals surface area contributed by atoms with Crippen molar-refractivity contribution in [1.29, 1.82) is 0 Å². The van der Waals surface area contributed by atoms with E-state index in [2.05, 4.69) is 39.7 Å². The van der Waals surface area contributed by atoms with Crippen molar-refractivity contribution in [1.82, 2.24) is 15.5 Å². The van der Waals surface area contributed by atoms with Gasteiger partial charge in [-0.3, -0.25) is 14.7 Å². The van der Waals surface area contributed by atoms with E-state index in [0.29, 0.717) is 41.6 Å². The highest BCUT2D eigenvalue weighted by Crippen LogP contribution is 2.22. The van der Waals surface area contributed by atoms with Crippen LogP contribution in [-0.2, 0) is 9.53 Å². The van der Waals surface area contributed by atoms with E-state index >= 15 is 0 Å². The number of guanidine groups is 1.